The largest absolute Gasteiger partial charge is 0.418 e. The standard InChI is InChI=1S/C4H11N3O4S/c1-5-4(6-2)7(3)11-12(8,9)10/h1-3H3,(H,5,6)(H,8,9,10). The first-order valence-corrected chi connectivity index (χ1v) is 4.32. The van der Waals surface area contributed by atoms with Crippen molar-refractivity contribution in [3.63, 3.8) is 0 Å². The van der Waals surface area contributed by atoms with Crippen molar-refractivity contribution in [1.82, 2.24) is 10.4 Å². The van der Waals surface area contributed by atoms with Crippen molar-refractivity contribution < 1.29 is 17.3 Å². The molecular formula is C4H11N3O4S. The van der Waals surface area contributed by atoms with Gasteiger partial charge in [0, 0.05) is 21.1 Å². The fourth-order valence-electron chi connectivity index (χ4n) is 0.587. The molecule has 0 heterocycles. The number of hydrogen-bond donors (Lipinski definition) is 2. The lowest BCUT2D eigenvalue weighted by Gasteiger charge is -2.16. The molecule has 0 aliphatic heterocycles. The monoisotopic (exact) mass is 197 g/mol. The fourth-order valence-corrected chi connectivity index (χ4v) is 0.940. The van der Waals surface area contributed by atoms with Crippen LogP contribution in [0.2, 0.25) is 0 Å². The Labute approximate surface area is 70.9 Å². The van der Waals surface area contributed by atoms with Gasteiger partial charge in [-0.25, -0.2) is 5.06 Å². The third kappa shape index (κ3) is 4.11. The molecule has 8 heteroatoms. The summed E-state index contributed by atoms with van der Waals surface area (Å²) < 4.78 is 32.7. The zero-order chi connectivity index (χ0) is 9.78. The van der Waals surface area contributed by atoms with Crippen molar-refractivity contribution in [2.45, 2.75) is 0 Å². The highest BCUT2D eigenvalue weighted by atomic mass is 32.3. The molecule has 0 aromatic carbocycles. The lowest BCUT2D eigenvalue weighted by atomic mass is 10.9. The van der Waals surface area contributed by atoms with Crippen LogP contribution >= 0.6 is 0 Å². The molecule has 0 bridgehead atoms. The lowest BCUT2D eigenvalue weighted by Crippen LogP contribution is -2.37. The molecule has 0 radical (unpaired) electrons. The average Bonchev–Trinajstić information content (AvgIpc) is 1.85. The Morgan fingerprint density at radius 2 is 2.17 bits per heavy atom. The van der Waals surface area contributed by atoms with Gasteiger partial charge >= 0.3 is 10.4 Å². The van der Waals surface area contributed by atoms with E-state index in [4.69, 9.17) is 4.55 Å². The Kier molecular flexibility index (Phi) is 3.93. The molecule has 0 amide bonds. The van der Waals surface area contributed by atoms with Crippen molar-refractivity contribution in [1.29, 1.82) is 0 Å². The first-order chi connectivity index (χ1) is 5.40. The van der Waals surface area contributed by atoms with Crippen LogP contribution in [0.3, 0.4) is 0 Å². The summed E-state index contributed by atoms with van der Waals surface area (Å²) in [5.41, 5.74) is 0. The molecule has 0 aromatic rings. The summed E-state index contributed by atoms with van der Waals surface area (Å²) in [7, 11) is -0.225. The van der Waals surface area contributed by atoms with Gasteiger partial charge in [0.2, 0.25) is 5.96 Å². The Hall–Kier alpha value is -0.860. The minimum atomic E-state index is -4.48. The molecule has 0 unspecified atom stereocenters. The molecule has 12 heavy (non-hydrogen) atoms. The minimum Gasteiger partial charge on any atom is -0.358 e. The number of hydrogen-bond acceptors (Lipinski definition) is 4. The fraction of sp³-hybridized carbons (Fsp3) is 0.750. The maximum atomic E-state index is 10.2. The van der Waals surface area contributed by atoms with Crippen molar-refractivity contribution in [2.24, 2.45) is 4.99 Å². The Bertz CT molecular complexity index is 259. The van der Waals surface area contributed by atoms with Gasteiger partial charge in [0.25, 0.3) is 0 Å². The SMILES string of the molecule is CN=C(NC)N(C)OS(=O)(=O)O. The molecule has 0 aliphatic carbocycles. The van der Waals surface area contributed by atoms with E-state index in [9.17, 15) is 8.42 Å². The van der Waals surface area contributed by atoms with E-state index in [1.54, 1.807) is 0 Å². The highest BCUT2D eigenvalue weighted by molar-refractivity contribution is 7.80. The molecule has 2 N–H and O–H groups in total. The molecular weight excluding hydrogens is 186 g/mol. The second-order valence-electron chi connectivity index (χ2n) is 1.80. The average molecular weight is 197 g/mol. The van der Waals surface area contributed by atoms with E-state index in [-0.39, 0.29) is 5.96 Å². The smallest absolute Gasteiger partial charge is 0.358 e. The second-order valence-corrected chi connectivity index (χ2v) is 2.80. The van der Waals surface area contributed by atoms with E-state index < -0.39 is 10.4 Å². The van der Waals surface area contributed by atoms with Crippen molar-refractivity contribution in [2.75, 3.05) is 21.1 Å². The summed E-state index contributed by atoms with van der Waals surface area (Å²) in [6.07, 6.45) is 0. The van der Waals surface area contributed by atoms with Crippen LogP contribution in [0.25, 0.3) is 0 Å². The van der Waals surface area contributed by atoms with Crippen LogP contribution < -0.4 is 5.32 Å². The molecule has 0 atom stereocenters. The van der Waals surface area contributed by atoms with Gasteiger partial charge in [-0.05, 0) is 0 Å². The molecule has 7 nitrogen and oxygen atoms in total. The Morgan fingerprint density at radius 1 is 1.67 bits per heavy atom. The van der Waals surface area contributed by atoms with Crippen LogP contribution in [0.5, 0.6) is 0 Å². The number of guanidine groups is 1. The normalized spacial score (nSPS) is 12.8. The van der Waals surface area contributed by atoms with Gasteiger partial charge in [0.1, 0.15) is 0 Å². The number of nitrogens with zero attached hydrogens (tertiary/aromatic N) is 2. The molecule has 0 aliphatic rings. The van der Waals surface area contributed by atoms with Crippen molar-refractivity contribution in [3.05, 3.63) is 0 Å². The van der Waals surface area contributed by atoms with Gasteiger partial charge in [0.05, 0.1) is 0 Å². The molecule has 0 saturated heterocycles. The van der Waals surface area contributed by atoms with E-state index in [0.717, 1.165) is 5.06 Å². The van der Waals surface area contributed by atoms with E-state index >= 15 is 0 Å². The molecule has 0 fully saturated rings. The first-order valence-electron chi connectivity index (χ1n) is 2.96. The number of rotatable bonds is 2. The third-order valence-electron chi connectivity index (χ3n) is 0.940. The number of nitrogens with one attached hydrogen (secondary N) is 1. The van der Waals surface area contributed by atoms with E-state index in [1.165, 1.54) is 21.1 Å². The van der Waals surface area contributed by atoms with Crippen molar-refractivity contribution in [3.8, 4) is 0 Å². The van der Waals surface area contributed by atoms with E-state index in [1.807, 2.05) is 0 Å². The topological polar surface area (TPSA) is 91.2 Å². The summed E-state index contributed by atoms with van der Waals surface area (Å²) in [5.74, 6) is 0.174. The summed E-state index contributed by atoms with van der Waals surface area (Å²) >= 11 is 0. The Morgan fingerprint density at radius 3 is 2.42 bits per heavy atom. The maximum absolute atomic E-state index is 10.2. The molecule has 0 spiro atoms. The first kappa shape index (κ1) is 11.1. The summed E-state index contributed by atoms with van der Waals surface area (Å²) in [5, 5.41) is 3.34. The van der Waals surface area contributed by atoms with Gasteiger partial charge in [0.15, 0.2) is 0 Å². The third-order valence-corrected chi connectivity index (χ3v) is 1.35. The van der Waals surface area contributed by atoms with Gasteiger partial charge in [-0.2, -0.15) is 8.42 Å². The number of hydroxylamine groups is 2. The van der Waals surface area contributed by atoms with E-state index in [0.29, 0.717) is 0 Å². The predicted molar refractivity (Wildman–Crippen MR) is 42.8 cm³/mol. The van der Waals surface area contributed by atoms with Gasteiger partial charge in [-0.15, -0.1) is 4.28 Å². The van der Waals surface area contributed by atoms with Crippen molar-refractivity contribution >= 4 is 16.4 Å². The van der Waals surface area contributed by atoms with Crippen LogP contribution in [-0.2, 0) is 14.7 Å². The molecule has 72 valence electrons. The van der Waals surface area contributed by atoms with E-state index in [2.05, 4.69) is 14.6 Å². The van der Waals surface area contributed by atoms with Gasteiger partial charge < -0.3 is 5.32 Å². The summed E-state index contributed by atoms with van der Waals surface area (Å²) in [6, 6.07) is 0. The quantitative estimate of drug-likeness (QED) is 0.251. The second kappa shape index (κ2) is 4.24. The van der Waals surface area contributed by atoms with Crippen LogP contribution in [0.1, 0.15) is 0 Å². The molecule has 0 saturated carbocycles. The summed E-state index contributed by atoms with van der Waals surface area (Å²) in [4.78, 5) is 3.62. The molecule has 0 aromatic heterocycles. The minimum absolute atomic E-state index is 0.174. The predicted octanol–water partition coefficient (Wildman–Crippen LogP) is -1.14. The number of aliphatic imine (C=N–C) groups is 1. The van der Waals surface area contributed by atoms with Gasteiger partial charge in [-0.3, -0.25) is 9.55 Å². The van der Waals surface area contributed by atoms with Crippen LogP contribution in [-0.4, -0.2) is 45.1 Å². The Balaban J connectivity index is 4.32. The highest BCUT2D eigenvalue weighted by Crippen LogP contribution is 1.92. The maximum Gasteiger partial charge on any atom is 0.418 e. The molecule has 0 rings (SSSR count). The van der Waals surface area contributed by atoms with Crippen LogP contribution in [0.15, 0.2) is 4.99 Å². The highest BCUT2D eigenvalue weighted by Gasteiger charge is 2.12. The van der Waals surface area contributed by atoms with Crippen LogP contribution in [0, 0.1) is 0 Å². The zero-order valence-corrected chi connectivity index (χ0v) is 7.79. The lowest BCUT2D eigenvalue weighted by molar-refractivity contribution is 0.0369. The zero-order valence-electron chi connectivity index (χ0n) is 6.97. The van der Waals surface area contributed by atoms with Gasteiger partial charge in [-0.1, -0.05) is 0 Å². The summed E-state index contributed by atoms with van der Waals surface area (Å²) in [6.45, 7) is 0. The van der Waals surface area contributed by atoms with Crippen LogP contribution in [0.4, 0.5) is 0 Å².